The van der Waals surface area contributed by atoms with Crippen LogP contribution in [0.1, 0.15) is 29.7 Å². The van der Waals surface area contributed by atoms with Gasteiger partial charge in [-0.2, -0.15) is 0 Å². The van der Waals surface area contributed by atoms with Crippen LogP contribution in [0, 0.1) is 0 Å². The maximum atomic E-state index is 13.0. The molecule has 1 saturated heterocycles. The van der Waals surface area contributed by atoms with Crippen LogP contribution in [0.25, 0.3) is 5.76 Å². The number of anilines is 1. The third-order valence-electron chi connectivity index (χ3n) is 5.43. The van der Waals surface area contributed by atoms with Crippen LogP contribution in [0.3, 0.4) is 0 Å². The SMILES string of the molecule is CCc1ccc(/C(O)=C2\C(=O)C(=O)N(c3ccccc3O)C2c2ccc(O)cc2)cc1. The van der Waals surface area contributed by atoms with Crippen molar-refractivity contribution in [3.63, 3.8) is 0 Å². The second kappa shape index (κ2) is 7.99. The topological polar surface area (TPSA) is 98.1 Å². The molecular weight excluding hydrogens is 394 g/mol. The van der Waals surface area contributed by atoms with Crippen molar-refractivity contribution in [1.82, 2.24) is 0 Å². The fourth-order valence-corrected chi connectivity index (χ4v) is 3.77. The lowest BCUT2D eigenvalue weighted by Crippen LogP contribution is -2.29. The van der Waals surface area contributed by atoms with E-state index in [9.17, 15) is 24.9 Å². The summed E-state index contributed by atoms with van der Waals surface area (Å²) in [6, 6.07) is 18.4. The van der Waals surface area contributed by atoms with Gasteiger partial charge < -0.3 is 15.3 Å². The Labute approximate surface area is 179 Å². The molecule has 1 atom stereocenters. The van der Waals surface area contributed by atoms with Crippen molar-refractivity contribution in [1.29, 1.82) is 0 Å². The number of phenolic OH excluding ortho intramolecular Hbond substituents is 2. The summed E-state index contributed by atoms with van der Waals surface area (Å²) in [4.78, 5) is 27.3. The summed E-state index contributed by atoms with van der Waals surface area (Å²) in [5.74, 6) is -2.14. The van der Waals surface area contributed by atoms with E-state index in [1.807, 2.05) is 19.1 Å². The van der Waals surface area contributed by atoms with Crippen molar-refractivity contribution in [2.24, 2.45) is 0 Å². The van der Waals surface area contributed by atoms with Crippen LogP contribution in [0.4, 0.5) is 5.69 Å². The molecule has 0 bridgehead atoms. The zero-order valence-corrected chi connectivity index (χ0v) is 16.8. The van der Waals surface area contributed by atoms with Crippen LogP contribution < -0.4 is 4.90 Å². The fourth-order valence-electron chi connectivity index (χ4n) is 3.77. The first kappa shape index (κ1) is 20.2. The molecular formula is C25H21NO5. The molecule has 1 aliphatic heterocycles. The number of aliphatic hydroxyl groups excluding tert-OH is 1. The van der Waals surface area contributed by atoms with E-state index >= 15 is 0 Å². The number of hydrogen-bond donors (Lipinski definition) is 3. The van der Waals surface area contributed by atoms with Crippen molar-refractivity contribution >= 4 is 23.1 Å². The maximum Gasteiger partial charge on any atom is 0.300 e. The van der Waals surface area contributed by atoms with Gasteiger partial charge in [-0.25, -0.2) is 0 Å². The Bertz CT molecular complexity index is 1180. The lowest BCUT2D eigenvalue weighted by molar-refractivity contribution is -0.132. The Morgan fingerprint density at radius 3 is 2.16 bits per heavy atom. The van der Waals surface area contributed by atoms with E-state index in [2.05, 4.69) is 0 Å². The third kappa shape index (κ3) is 3.53. The van der Waals surface area contributed by atoms with Gasteiger partial charge in [-0.05, 0) is 41.8 Å². The highest BCUT2D eigenvalue weighted by molar-refractivity contribution is 6.51. The van der Waals surface area contributed by atoms with Crippen molar-refractivity contribution < 1.29 is 24.9 Å². The van der Waals surface area contributed by atoms with Crippen LogP contribution >= 0.6 is 0 Å². The summed E-state index contributed by atoms with van der Waals surface area (Å²) < 4.78 is 0. The van der Waals surface area contributed by atoms with Crippen molar-refractivity contribution in [2.45, 2.75) is 19.4 Å². The van der Waals surface area contributed by atoms with E-state index in [1.54, 1.807) is 36.4 Å². The number of aryl methyl sites for hydroxylation is 1. The van der Waals surface area contributed by atoms with E-state index in [-0.39, 0.29) is 28.5 Å². The van der Waals surface area contributed by atoms with Gasteiger partial charge in [0.05, 0.1) is 17.3 Å². The number of amides is 1. The number of aromatic hydroxyl groups is 2. The molecule has 1 unspecified atom stereocenters. The highest BCUT2D eigenvalue weighted by atomic mass is 16.3. The van der Waals surface area contributed by atoms with Gasteiger partial charge in [-0.3, -0.25) is 14.5 Å². The van der Waals surface area contributed by atoms with E-state index in [0.29, 0.717) is 11.1 Å². The molecule has 1 heterocycles. The average molecular weight is 415 g/mol. The van der Waals surface area contributed by atoms with E-state index in [1.165, 1.54) is 29.2 Å². The van der Waals surface area contributed by atoms with E-state index in [4.69, 9.17) is 0 Å². The maximum absolute atomic E-state index is 13.0. The van der Waals surface area contributed by atoms with Gasteiger partial charge in [-0.1, -0.05) is 55.5 Å². The number of carbonyl (C=O) groups is 2. The van der Waals surface area contributed by atoms with Crippen LogP contribution in [0.2, 0.25) is 0 Å². The number of Topliss-reactive ketones (excluding diaryl/α,β-unsaturated/α-hetero) is 1. The molecule has 3 aromatic carbocycles. The minimum absolute atomic E-state index is 0.0263. The number of aliphatic hydroxyl groups is 1. The molecule has 0 spiro atoms. The zero-order valence-electron chi connectivity index (χ0n) is 16.8. The first-order chi connectivity index (χ1) is 14.9. The number of phenols is 2. The summed E-state index contributed by atoms with van der Waals surface area (Å²) in [6.07, 6.45) is 0.826. The van der Waals surface area contributed by atoms with Crippen LogP contribution in [0.15, 0.2) is 78.4 Å². The largest absolute Gasteiger partial charge is 0.508 e. The fraction of sp³-hybridized carbons (Fsp3) is 0.120. The summed E-state index contributed by atoms with van der Waals surface area (Å²) in [7, 11) is 0. The van der Waals surface area contributed by atoms with E-state index in [0.717, 1.165) is 12.0 Å². The molecule has 4 rings (SSSR count). The summed E-state index contributed by atoms with van der Waals surface area (Å²) in [6.45, 7) is 2.01. The Morgan fingerprint density at radius 2 is 1.55 bits per heavy atom. The molecule has 6 heteroatoms. The normalized spacial score (nSPS) is 17.8. The molecule has 156 valence electrons. The highest BCUT2D eigenvalue weighted by Crippen LogP contribution is 2.44. The second-order valence-electron chi connectivity index (χ2n) is 7.30. The molecule has 1 aliphatic rings. The molecule has 31 heavy (non-hydrogen) atoms. The lowest BCUT2D eigenvalue weighted by Gasteiger charge is -2.26. The Kier molecular flexibility index (Phi) is 5.21. The van der Waals surface area contributed by atoms with Crippen molar-refractivity contribution in [3.05, 3.63) is 95.1 Å². The zero-order chi connectivity index (χ0) is 22.1. The van der Waals surface area contributed by atoms with Gasteiger partial charge in [0.25, 0.3) is 11.7 Å². The van der Waals surface area contributed by atoms with E-state index < -0.39 is 17.7 Å². The van der Waals surface area contributed by atoms with Gasteiger partial charge in [0.1, 0.15) is 17.3 Å². The minimum Gasteiger partial charge on any atom is -0.508 e. The predicted octanol–water partition coefficient (Wildman–Crippen LogP) is 4.29. The first-order valence-corrected chi connectivity index (χ1v) is 9.89. The number of benzene rings is 3. The molecule has 0 aliphatic carbocycles. The number of ketones is 1. The van der Waals surface area contributed by atoms with Gasteiger partial charge in [0.15, 0.2) is 0 Å². The summed E-state index contributed by atoms with van der Waals surface area (Å²) in [5.41, 5.74) is 2.07. The average Bonchev–Trinajstić information content (AvgIpc) is 3.05. The predicted molar refractivity (Wildman–Crippen MR) is 117 cm³/mol. The molecule has 3 aromatic rings. The van der Waals surface area contributed by atoms with Gasteiger partial charge in [0, 0.05) is 5.56 Å². The number of rotatable bonds is 4. The molecule has 0 aromatic heterocycles. The number of nitrogens with zero attached hydrogens (tertiary/aromatic N) is 1. The molecule has 1 fully saturated rings. The van der Waals surface area contributed by atoms with Crippen LogP contribution in [-0.4, -0.2) is 27.0 Å². The Morgan fingerprint density at radius 1 is 0.903 bits per heavy atom. The third-order valence-corrected chi connectivity index (χ3v) is 5.43. The standard InChI is InChI=1S/C25H21NO5/c1-2-15-7-9-17(10-8-15)23(29)21-22(16-11-13-18(27)14-12-16)26(25(31)24(21)30)19-5-3-4-6-20(19)28/h3-14,22,27-29H,2H2,1H3/b23-21+. The van der Waals surface area contributed by atoms with Gasteiger partial charge in [0.2, 0.25) is 0 Å². The van der Waals surface area contributed by atoms with Crippen molar-refractivity contribution in [3.8, 4) is 11.5 Å². The minimum atomic E-state index is -0.972. The van der Waals surface area contributed by atoms with Crippen LogP contribution in [-0.2, 0) is 16.0 Å². The number of hydrogen-bond acceptors (Lipinski definition) is 5. The lowest BCUT2D eigenvalue weighted by atomic mass is 9.94. The molecule has 1 amide bonds. The highest BCUT2D eigenvalue weighted by Gasteiger charge is 2.47. The molecule has 6 nitrogen and oxygen atoms in total. The Hall–Kier alpha value is -4.06. The monoisotopic (exact) mass is 415 g/mol. The van der Waals surface area contributed by atoms with Gasteiger partial charge in [-0.15, -0.1) is 0 Å². The molecule has 3 N–H and O–H groups in total. The quantitative estimate of drug-likeness (QED) is 0.336. The Balaban J connectivity index is 1.94. The van der Waals surface area contributed by atoms with Crippen molar-refractivity contribution in [2.75, 3.05) is 4.90 Å². The number of carbonyl (C=O) groups excluding carboxylic acids is 2. The van der Waals surface area contributed by atoms with Crippen LogP contribution in [0.5, 0.6) is 11.5 Å². The second-order valence-corrected chi connectivity index (χ2v) is 7.30. The van der Waals surface area contributed by atoms with Gasteiger partial charge >= 0.3 is 0 Å². The first-order valence-electron chi connectivity index (χ1n) is 9.89. The smallest absolute Gasteiger partial charge is 0.300 e. The molecule has 0 saturated carbocycles. The molecule has 0 radical (unpaired) electrons. The summed E-state index contributed by atoms with van der Waals surface area (Å²) in [5, 5.41) is 31.1. The number of para-hydroxylation sites is 2. The summed E-state index contributed by atoms with van der Waals surface area (Å²) >= 11 is 0.